The monoisotopic (exact) mass is 370 g/mol. The smallest absolute Gasteiger partial charge is 0.236 e. The average Bonchev–Trinajstić information content (AvgIpc) is 2.86. The van der Waals surface area contributed by atoms with Crippen molar-refractivity contribution in [2.75, 3.05) is 0 Å². The third kappa shape index (κ3) is 2.13. The first-order valence-corrected chi connectivity index (χ1v) is 8.24. The fourth-order valence-corrected chi connectivity index (χ4v) is 4.39. The number of halogens is 2. The van der Waals surface area contributed by atoms with Gasteiger partial charge in [0.25, 0.3) is 10.0 Å². The second-order valence-corrected chi connectivity index (χ2v) is 7.18. The number of hydrogen-bond donors (Lipinski definition) is 0. The van der Waals surface area contributed by atoms with Gasteiger partial charge in [0.05, 0.1) is 11.0 Å². The van der Waals surface area contributed by atoms with Crippen molar-refractivity contribution in [2.24, 2.45) is 0 Å². The summed E-state index contributed by atoms with van der Waals surface area (Å²) in [4.78, 5) is 4.20. The number of aromatic nitrogens is 2. The highest BCUT2D eigenvalue weighted by Gasteiger charge is 2.22. The average molecular weight is 372 g/mol. The van der Waals surface area contributed by atoms with Gasteiger partial charge in [0.15, 0.2) is 0 Å². The number of hydrogen-bond acceptors (Lipinski definition) is 3. The van der Waals surface area contributed by atoms with Crippen LogP contribution in [-0.4, -0.2) is 17.4 Å². The molecule has 0 saturated carbocycles. The third-order valence-electron chi connectivity index (χ3n) is 2.85. The summed E-state index contributed by atoms with van der Waals surface area (Å²) in [5.41, 5.74) is 1.15. The summed E-state index contributed by atoms with van der Waals surface area (Å²) in [5.74, 6) is 0. The standard InChI is InChI=1S/C13H8BrClN2O2S/c14-10-6-5-9(15)7-13(10)20(18,19)17-8-16-11-3-1-2-4-12(11)17/h1-8H. The summed E-state index contributed by atoms with van der Waals surface area (Å²) < 4.78 is 27.0. The molecule has 3 rings (SSSR count). The van der Waals surface area contributed by atoms with Crippen LogP contribution in [0.4, 0.5) is 0 Å². The van der Waals surface area contributed by atoms with Crippen molar-refractivity contribution in [3.8, 4) is 0 Å². The molecule has 1 heterocycles. The molecular weight excluding hydrogens is 364 g/mol. The van der Waals surface area contributed by atoms with Crippen LogP contribution in [0.25, 0.3) is 11.0 Å². The van der Waals surface area contributed by atoms with Crippen LogP contribution in [0.5, 0.6) is 0 Å². The fourth-order valence-electron chi connectivity index (χ4n) is 1.91. The van der Waals surface area contributed by atoms with E-state index in [1.807, 2.05) is 6.07 Å². The van der Waals surface area contributed by atoms with Gasteiger partial charge >= 0.3 is 0 Å². The maximum atomic E-state index is 12.7. The Morgan fingerprint density at radius 1 is 1.15 bits per heavy atom. The lowest BCUT2D eigenvalue weighted by molar-refractivity contribution is 0.588. The van der Waals surface area contributed by atoms with Crippen LogP contribution < -0.4 is 0 Å². The predicted molar refractivity (Wildman–Crippen MR) is 81.5 cm³/mol. The van der Waals surface area contributed by atoms with E-state index in [1.54, 1.807) is 30.3 Å². The van der Waals surface area contributed by atoms with Gasteiger partial charge in [-0.2, -0.15) is 0 Å². The fraction of sp³-hybridized carbons (Fsp3) is 0. The highest BCUT2D eigenvalue weighted by Crippen LogP contribution is 2.28. The highest BCUT2D eigenvalue weighted by atomic mass is 79.9. The van der Waals surface area contributed by atoms with Crippen LogP contribution in [0.3, 0.4) is 0 Å². The Hall–Kier alpha value is -1.37. The van der Waals surface area contributed by atoms with E-state index < -0.39 is 10.0 Å². The van der Waals surface area contributed by atoms with Gasteiger partial charge in [0.1, 0.15) is 11.2 Å². The molecule has 0 aliphatic heterocycles. The molecule has 3 aromatic rings. The molecular formula is C13H8BrClN2O2S. The van der Waals surface area contributed by atoms with Gasteiger partial charge in [-0.05, 0) is 46.3 Å². The van der Waals surface area contributed by atoms with E-state index in [-0.39, 0.29) is 4.90 Å². The van der Waals surface area contributed by atoms with Crippen molar-refractivity contribution >= 4 is 48.6 Å². The summed E-state index contributed by atoms with van der Waals surface area (Å²) in [5, 5.41) is 0.358. The second-order valence-electron chi connectivity index (χ2n) is 4.11. The Labute approximate surface area is 129 Å². The largest absolute Gasteiger partial charge is 0.270 e. The summed E-state index contributed by atoms with van der Waals surface area (Å²) in [6.07, 6.45) is 1.30. The molecule has 0 N–H and O–H groups in total. The van der Waals surface area contributed by atoms with Crippen molar-refractivity contribution in [3.63, 3.8) is 0 Å². The van der Waals surface area contributed by atoms with Gasteiger partial charge in [0, 0.05) is 9.50 Å². The summed E-state index contributed by atoms with van der Waals surface area (Å²) in [6, 6.07) is 11.7. The van der Waals surface area contributed by atoms with Gasteiger partial charge in [-0.15, -0.1) is 0 Å². The molecule has 102 valence electrons. The van der Waals surface area contributed by atoms with E-state index in [0.717, 1.165) is 3.97 Å². The Balaban J connectivity index is 2.29. The maximum absolute atomic E-state index is 12.7. The zero-order chi connectivity index (χ0) is 14.3. The molecule has 7 heteroatoms. The lowest BCUT2D eigenvalue weighted by Crippen LogP contribution is -2.12. The molecule has 0 bridgehead atoms. The van der Waals surface area contributed by atoms with Crippen LogP contribution in [-0.2, 0) is 10.0 Å². The highest BCUT2D eigenvalue weighted by molar-refractivity contribution is 9.10. The Morgan fingerprint density at radius 2 is 1.90 bits per heavy atom. The Bertz CT molecular complexity index is 906. The maximum Gasteiger partial charge on any atom is 0.270 e. The van der Waals surface area contributed by atoms with E-state index >= 15 is 0 Å². The topological polar surface area (TPSA) is 52.0 Å². The van der Waals surface area contributed by atoms with E-state index in [2.05, 4.69) is 20.9 Å². The first kappa shape index (κ1) is 13.6. The van der Waals surface area contributed by atoms with Gasteiger partial charge in [-0.3, -0.25) is 0 Å². The van der Waals surface area contributed by atoms with Crippen molar-refractivity contribution in [1.29, 1.82) is 0 Å². The number of para-hydroxylation sites is 2. The quantitative estimate of drug-likeness (QED) is 0.690. The van der Waals surface area contributed by atoms with Crippen molar-refractivity contribution in [3.05, 3.63) is 58.3 Å². The molecule has 0 aliphatic rings. The van der Waals surface area contributed by atoms with E-state index in [1.165, 1.54) is 12.4 Å². The molecule has 4 nitrogen and oxygen atoms in total. The second kappa shape index (κ2) is 4.87. The van der Waals surface area contributed by atoms with E-state index in [4.69, 9.17) is 11.6 Å². The van der Waals surface area contributed by atoms with Gasteiger partial charge in [-0.1, -0.05) is 23.7 Å². The molecule has 0 spiro atoms. The Kier molecular flexibility index (Phi) is 3.32. The van der Waals surface area contributed by atoms with Crippen LogP contribution >= 0.6 is 27.5 Å². The first-order valence-electron chi connectivity index (χ1n) is 5.63. The molecule has 2 aromatic carbocycles. The normalized spacial score (nSPS) is 11.9. The molecule has 20 heavy (non-hydrogen) atoms. The molecule has 0 atom stereocenters. The number of rotatable bonds is 2. The van der Waals surface area contributed by atoms with Gasteiger partial charge < -0.3 is 0 Å². The number of benzene rings is 2. The minimum absolute atomic E-state index is 0.105. The molecule has 0 aliphatic carbocycles. The van der Waals surface area contributed by atoms with E-state index in [0.29, 0.717) is 20.5 Å². The number of imidazole rings is 1. The molecule has 1 aromatic heterocycles. The third-order valence-corrected chi connectivity index (χ3v) is 5.74. The van der Waals surface area contributed by atoms with Crippen molar-refractivity contribution in [1.82, 2.24) is 8.96 Å². The van der Waals surface area contributed by atoms with Crippen LogP contribution in [0.2, 0.25) is 5.02 Å². The van der Waals surface area contributed by atoms with E-state index in [9.17, 15) is 8.42 Å². The molecule has 0 fully saturated rings. The van der Waals surface area contributed by atoms with Crippen LogP contribution in [0.15, 0.2) is 58.2 Å². The lowest BCUT2D eigenvalue weighted by Gasteiger charge is -2.08. The summed E-state index contributed by atoms with van der Waals surface area (Å²) in [7, 11) is -3.75. The predicted octanol–water partition coefficient (Wildman–Crippen LogP) is 3.69. The van der Waals surface area contributed by atoms with Crippen molar-refractivity contribution in [2.45, 2.75) is 4.90 Å². The van der Waals surface area contributed by atoms with Crippen molar-refractivity contribution < 1.29 is 8.42 Å². The number of fused-ring (bicyclic) bond motifs is 1. The zero-order valence-electron chi connectivity index (χ0n) is 9.99. The Morgan fingerprint density at radius 3 is 2.70 bits per heavy atom. The molecule has 0 amide bonds. The SMILES string of the molecule is O=S(=O)(c1cc(Cl)ccc1Br)n1cnc2ccccc21. The van der Waals surface area contributed by atoms with Crippen LogP contribution in [0, 0.1) is 0 Å². The number of nitrogens with zero attached hydrogens (tertiary/aromatic N) is 2. The zero-order valence-corrected chi connectivity index (χ0v) is 13.2. The molecule has 0 saturated heterocycles. The lowest BCUT2D eigenvalue weighted by atomic mass is 10.3. The molecule has 0 radical (unpaired) electrons. The summed E-state index contributed by atoms with van der Waals surface area (Å²) in [6.45, 7) is 0. The summed E-state index contributed by atoms with van der Waals surface area (Å²) >= 11 is 9.14. The van der Waals surface area contributed by atoms with Gasteiger partial charge in [0.2, 0.25) is 0 Å². The minimum Gasteiger partial charge on any atom is -0.236 e. The van der Waals surface area contributed by atoms with Gasteiger partial charge in [-0.25, -0.2) is 17.4 Å². The van der Waals surface area contributed by atoms with Crippen LogP contribution in [0.1, 0.15) is 0 Å². The first-order chi connectivity index (χ1) is 9.50. The minimum atomic E-state index is -3.75. The molecule has 0 unspecified atom stereocenters.